The molecule has 1 unspecified atom stereocenters. The van der Waals surface area contributed by atoms with E-state index in [9.17, 15) is 30.2 Å². The van der Waals surface area contributed by atoms with Gasteiger partial charge >= 0.3 is 11.9 Å². The Balaban J connectivity index is 2.12. The van der Waals surface area contributed by atoms with E-state index in [-0.39, 0.29) is 17.8 Å². The number of hydroxylamine groups is 4. The molecule has 4 N–H and O–H groups in total. The number of aliphatic carboxylic acids is 2. The zero-order valence-corrected chi connectivity index (χ0v) is 22.3. The number of carboxylic acids is 2. The van der Waals surface area contributed by atoms with Crippen LogP contribution in [0.3, 0.4) is 0 Å². The van der Waals surface area contributed by atoms with E-state index < -0.39 is 45.4 Å². The van der Waals surface area contributed by atoms with Crippen LogP contribution in [0.25, 0.3) is 0 Å². The number of carboxylic acid groups (broad SMARTS) is 2. The van der Waals surface area contributed by atoms with Crippen LogP contribution in [0.15, 0.2) is 0 Å². The standard InChI is InChI=1S/C26H46N2O6/c1-22(2)12-17(13-23(3,4)27(22)33)19-11-16(20(29)30)9-10-26(19,21(31)32)18-14-24(5,6)28(34)25(7,8)15-18/h16-19,33-34H,9-15H2,1-8H3,(H,29,30)(H,31,32)/t16-,19-,26?/m1/s1. The summed E-state index contributed by atoms with van der Waals surface area (Å²) >= 11 is 0. The predicted molar refractivity (Wildman–Crippen MR) is 128 cm³/mol. The highest BCUT2D eigenvalue weighted by molar-refractivity contribution is 5.77. The molecule has 3 aliphatic rings. The van der Waals surface area contributed by atoms with Crippen LogP contribution in [0, 0.1) is 29.1 Å². The minimum absolute atomic E-state index is 0.0370. The van der Waals surface area contributed by atoms with Crippen LogP contribution in [0.2, 0.25) is 0 Å². The van der Waals surface area contributed by atoms with Crippen LogP contribution >= 0.6 is 0 Å². The van der Waals surface area contributed by atoms with Gasteiger partial charge in [-0.15, -0.1) is 0 Å². The summed E-state index contributed by atoms with van der Waals surface area (Å²) in [7, 11) is 0. The summed E-state index contributed by atoms with van der Waals surface area (Å²) in [6.45, 7) is 15.7. The van der Waals surface area contributed by atoms with Crippen molar-refractivity contribution >= 4 is 11.9 Å². The van der Waals surface area contributed by atoms with Gasteiger partial charge in [0, 0.05) is 22.2 Å². The van der Waals surface area contributed by atoms with Gasteiger partial charge in [0.15, 0.2) is 0 Å². The summed E-state index contributed by atoms with van der Waals surface area (Å²) in [5.41, 5.74) is -3.39. The fourth-order valence-electron chi connectivity index (χ4n) is 8.28. The average Bonchev–Trinajstić information content (AvgIpc) is 2.68. The van der Waals surface area contributed by atoms with Crippen molar-refractivity contribution in [1.29, 1.82) is 0 Å². The summed E-state index contributed by atoms with van der Waals surface area (Å²) in [4.78, 5) is 25.4. The van der Waals surface area contributed by atoms with Crippen LogP contribution in [0.4, 0.5) is 0 Å². The van der Waals surface area contributed by atoms with Gasteiger partial charge in [-0.3, -0.25) is 9.59 Å². The first-order valence-electron chi connectivity index (χ1n) is 12.7. The largest absolute Gasteiger partial charge is 0.481 e. The van der Waals surface area contributed by atoms with E-state index in [1.165, 1.54) is 10.1 Å². The SMILES string of the molecule is CC1(C)CC([C@H]2C[C@H](C(=O)O)CCC2(C(=O)O)C2CC(C)(C)N(O)C(C)(C)C2)CC(C)(C)N1O. The first-order chi connectivity index (χ1) is 15.3. The molecule has 0 amide bonds. The van der Waals surface area contributed by atoms with E-state index in [0.717, 1.165) is 0 Å². The van der Waals surface area contributed by atoms with E-state index in [1.807, 2.05) is 55.4 Å². The number of hydrogen-bond acceptors (Lipinski definition) is 6. The van der Waals surface area contributed by atoms with Crippen molar-refractivity contribution in [2.75, 3.05) is 0 Å². The molecule has 34 heavy (non-hydrogen) atoms. The summed E-state index contributed by atoms with van der Waals surface area (Å²) < 4.78 is 0. The highest BCUT2D eigenvalue weighted by Gasteiger charge is 2.62. The summed E-state index contributed by atoms with van der Waals surface area (Å²) in [6.07, 6.45) is 3.27. The molecule has 2 saturated heterocycles. The number of piperidine rings is 2. The molecule has 0 spiro atoms. The number of nitrogens with zero attached hydrogens (tertiary/aromatic N) is 2. The Morgan fingerprint density at radius 3 is 1.53 bits per heavy atom. The molecule has 0 bridgehead atoms. The van der Waals surface area contributed by atoms with Gasteiger partial charge in [0.1, 0.15) is 0 Å². The van der Waals surface area contributed by atoms with Gasteiger partial charge in [0.05, 0.1) is 11.3 Å². The molecular weight excluding hydrogens is 436 g/mol. The summed E-state index contributed by atoms with van der Waals surface area (Å²) in [5.74, 6) is -2.82. The monoisotopic (exact) mass is 482 g/mol. The third-order valence-corrected chi connectivity index (χ3v) is 9.46. The molecule has 0 aromatic rings. The van der Waals surface area contributed by atoms with Gasteiger partial charge in [0.25, 0.3) is 0 Å². The molecule has 0 aromatic carbocycles. The number of hydrogen-bond donors (Lipinski definition) is 4. The number of carbonyl (C=O) groups is 2. The number of rotatable bonds is 4. The average molecular weight is 483 g/mol. The fraction of sp³-hybridized carbons (Fsp3) is 0.923. The molecule has 1 aliphatic carbocycles. The van der Waals surface area contributed by atoms with Crippen LogP contribution in [-0.2, 0) is 9.59 Å². The van der Waals surface area contributed by atoms with Crippen molar-refractivity contribution in [2.45, 2.75) is 122 Å². The van der Waals surface area contributed by atoms with Gasteiger partial charge in [-0.05, 0) is 118 Å². The summed E-state index contributed by atoms with van der Waals surface area (Å²) in [6, 6.07) is 0. The fourth-order valence-corrected chi connectivity index (χ4v) is 8.28. The van der Waals surface area contributed by atoms with Crippen molar-refractivity contribution in [3.8, 4) is 0 Å². The molecule has 8 heteroatoms. The molecule has 1 saturated carbocycles. The van der Waals surface area contributed by atoms with E-state index in [4.69, 9.17) is 0 Å². The van der Waals surface area contributed by atoms with Crippen molar-refractivity contribution < 1.29 is 30.2 Å². The lowest BCUT2D eigenvalue weighted by Crippen LogP contribution is -2.65. The Kier molecular flexibility index (Phi) is 6.78. The van der Waals surface area contributed by atoms with Crippen molar-refractivity contribution in [1.82, 2.24) is 10.1 Å². The summed E-state index contributed by atoms with van der Waals surface area (Å²) in [5, 5.41) is 45.3. The van der Waals surface area contributed by atoms with Crippen molar-refractivity contribution in [3.63, 3.8) is 0 Å². The Morgan fingerprint density at radius 2 is 1.15 bits per heavy atom. The van der Waals surface area contributed by atoms with Crippen LogP contribution < -0.4 is 0 Å². The van der Waals surface area contributed by atoms with Gasteiger partial charge in [-0.25, -0.2) is 0 Å². The third kappa shape index (κ3) is 4.40. The minimum Gasteiger partial charge on any atom is -0.481 e. The molecule has 2 heterocycles. The Morgan fingerprint density at radius 1 is 0.735 bits per heavy atom. The van der Waals surface area contributed by atoms with Gasteiger partial charge in [-0.1, -0.05) is 0 Å². The Bertz CT molecular complexity index is 786. The van der Waals surface area contributed by atoms with Crippen molar-refractivity contribution in [2.24, 2.45) is 29.1 Å². The Labute approximate surface area is 204 Å². The van der Waals surface area contributed by atoms with Crippen LogP contribution in [-0.4, -0.2) is 64.8 Å². The zero-order chi connectivity index (χ0) is 26.1. The van der Waals surface area contributed by atoms with E-state index >= 15 is 0 Å². The molecule has 196 valence electrons. The normalized spacial score (nSPS) is 36.8. The molecule has 2 aliphatic heterocycles. The molecule has 0 radical (unpaired) electrons. The first-order valence-corrected chi connectivity index (χ1v) is 12.7. The van der Waals surface area contributed by atoms with E-state index in [0.29, 0.717) is 44.9 Å². The zero-order valence-electron chi connectivity index (χ0n) is 22.3. The van der Waals surface area contributed by atoms with Gasteiger partial charge in [0.2, 0.25) is 0 Å². The molecule has 3 atom stereocenters. The molecule has 3 fully saturated rings. The maximum atomic E-state index is 13.3. The maximum absolute atomic E-state index is 13.3. The second kappa shape index (κ2) is 8.43. The predicted octanol–water partition coefficient (Wildman–Crippen LogP) is 4.88. The van der Waals surface area contributed by atoms with Crippen LogP contribution in [0.5, 0.6) is 0 Å². The first kappa shape index (κ1) is 27.4. The van der Waals surface area contributed by atoms with Crippen molar-refractivity contribution in [3.05, 3.63) is 0 Å². The lowest BCUT2D eigenvalue weighted by atomic mass is 9.48. The molecular formula is C26H46N2O6. The lowest BCUT2D eigenvalue weighted by molar-refractivity contribution is -0.272. The van der Waals surface area contributed by atoms with Gasteiger partial charge < -0.3 is 20.6 Å². The quantitative estimate of drug-likeness (QED) is 0.447. The van der Waals surface area contributed by atoms with Crippen LogP contribution in [0.1, 0.15) is 100 Å². The minimum atomic E-state index is -1.07. The molecule has 8 nitrogen and oxygen atoms in total. The second-order valence-corrected chi connectivity index (χ2v) is 13.9. The Hall–Kier alpha value is -1.22. The molecule has 0 aromatic heterocycles. The lowest BCUT2D eigenvalue weighted by Gasteiger charge is -2.61. The van der Waals surface area contributed by atoms with Gasteiger partial charge in [-0.2, -0.15) is 10.1 Å². The highest BCUT2D eigenvalue weighted by atomic mass is 16.5. The smallest absolute Gasteiger partial charge is 0.310 e. The second-order valence-electron chi connectivity index (χ2n) is 13.9. The maximum Gasteiger partial charge on any atom is 0.310 e. The van der Waals surface area contributed by atoms with E-state index in [1.54, 1.807) is 0 Å². The van der Waals surface area contributed by atoms with E-state index in [2.05, 4.69) is 0 Å². The topological polar surface area (TPSA) is 122 Å². The highest BCUT2D eigenvalue weighted by Crippen LogP contribution is 2.60. The molecule has 3 rings (SSSR count). The third-order valence-electron chi connectivity index (χ3n) is 9.46.